The maximum Gasteiger partial charge on any atom is 0.291 e. The first-order valence-electron chi connectivity index (χ1n) is 8.02. The number of carbonyl (C=O) groups excluding carboxylic acids is 3. The fourth-order valence-electron chi connectivity index (χ4n) is 2.71. The van der Waals surface area contributed by atoms with Gasteiger partial charge in [-0.15, -0.1) is 0 Å². The van der Waals surface area contributed by atoms with Crippen LogP contribution < -0.4 is 16.0 Å². The lowest BCUT2D eigenvalue weighted by Crippen LogP contribution is -2.35. The lowest BCUT2D eigenvalue weighted by atomic mass is 10.0. The normalized spacial score (nSPS) is 19.4. The molecule has 3 N–H and O–H groups in total. The van der Waals surface area contributed by atoms with Crippen LogP contribution in [0.15, 0.2) is 47.1 Å². The fourth-order valence-corrected chi connectivity index (χ4v) is 2.71. The van der Waals surface area contributed by atoms with Crippen LogP contribution in [0.5, 0.6) is 0 Å². The second kappa shape index (κ2) is 7.31. The van der Waals surface area contributed by atoms with Crippen molar-refractivity contribution in [2.24, 2.45) is 5.92 Å². The molecular weight excluding hydrogens is 322 g/mol. The molecule has 2 heterocycles. The van der Waals surface area contributed by atoms with E-state index >= 15 is 0 Å². The molecule has 3 rings (SSSR count). The Morgan fingerprint density at radius 2 is 1.76 bits per heavy atom. The summed E-state index contributed by atoms with van der Waals surface area (Å²) in [7, 11) is 0. The van der Waals surface area contributed by atoms with Gasteiger partial charge in [-0.05, 0) is 49.7 Å². The third-order valence-corrected chi connectivity index (χ3v) is 4.18. The van der Waals surface area contributed by atoms with Crippen molar-refractivity contribution in [1.29, 1.82) is 0 Å². The molecule has 1 fully saturated rings. The van der Waals surface area contributed by atoms with Gasteiger partial charge in [0.1, 0.15) is 5.78 Å². The Bertz CT molecular complexity index is 768. The fraction of sp³-hybridized carbons (Fsp3) is 0.278. The van der Waals surface area contributed by atoms with Crippen molar-refractivity contribution < 1.29 is 18.8 Å². The van der Waals surface area contributed by atoms with Gasteiger partial charge in [-0.3, -0.25) is 14.4 Å². The zero-order valence-corrected chi connectivity index (χ0v) is 13.7. The van der Waals surface area contributed by atoms with Gasteiger partial charge in [-0.25, -0.2) is 0 Å². The first-order valence-corrected chi connectivity index (χ1v) is 8.02. The highest BCUT2D eigenvalue weighted by Gasteiger charge is 2.31. The molecule has 0 aliphatic carbocycles. The van der Waals surface area contributed by atoms with Crippen LogP contribution in [0.25, 0.3) is 0 Å². The molecule has 0 saturated carbocycles. The quantitative estimate of drug-likeness (QED) is 0.773. The Labute approximate surface area is 144 Å². The number of benzene rings is 1. The first kappa shape index (κ1) is 16.9. The summed E-state index contributed by atoms with van der Waals surface area (Å²) < 4.78 is 5.03. The van der Waals surface area contributed by atoms with Gasteiger partial charge in [0.05, 0.1) is 12.3 Å². The van der Waals surface area contributed by atoms with E-state index in [9.17, 15) is 14.4 Å². The highest BCUT2D eigenvalue weighted by molar-refractivity contribution is 6.02. The number of rotatable bonds is 5. The van der Waals surface area contributed by atoms with Gasteiger partial charge >= 0.3 is 0 Å². The topological polar surface area (TPSA) is 100 Å². The van der Waals surface area contributed by atoms with Crippen LogP contribution in [0, 0.1) is 5.92 Å². The van der Waals surface area contributed by atoms with Gasteiger partial charge in [0.2, 0.25) is 5.91 Å². The number of hydrogen-bond donors (Lipinski definition) is 3. The molecule has 0 bridgehead atoms. The first-order chi connectivity index (χ1) is 12.0. The van der Waals surface area contributed by atoms with Crippen LogP contribution in [0.1, 0.15) is 23.9 Å². The molecule has 2 aromatic rings. The van der Waals surface area contributed by atoms with Crippen molar-refractivity contribution in [3.05, 3.63) is 48.4 Å². The molecule has 1 aromatic carbocycles. The van der Waals surface area contributed by atoms with E-state index in [4.69, 9.17) is 4.42 Å². The van der Waals surface area contributed by atoms with E-state index in [1.807, 2.05) is 0 Å². The van der Waals surface area contributed by atoms with E-state index in [2.05, 4.69) is 16.0 Å². The van der Waals surface area contributed by atoms with Crippen molar-refractivity contribution in [1.82, 2.24) is 5.32 Å². The molecule has 7 heteroatoms. The molecule has 1 aliphatic heterocycles. The third-order valence-electron chi connectivity index (χ3n) is 4.18. The summed E-state index contributed by atoms with van der Waals surface area (Å²) in [4.78, 5) is 35.5. The molecule has 7 nitrogen and oxygen atoms in total. The zero-order valence-electron chi connectivity index (χ0n) is 13.7. The minimum atomic E-state index is -0.368. The highest BCUT2D eigenvalue weighted by atomic mass is 16.3. The second-order valence-corrected chi connectivity index (χ2v) is 6.00. The molecule has 2 atom stereocenters. The SMILES string of the molecule is CC(=O)C1CNC(C(=O)Nc2ccc(NC(=O)c3ccco3)cc2)C1. The predicted molar refractivity (Wildman–Crippen MR) is 92.3 cm³/mol. The van der Waals surface area contributed by atoms with E-state index < -0.39 is 0 Å². The summed E-state index contributed by atoms with van der Waals surface area (Å²) in [6.07, 6.45) is 1.94. The lowest BCUT2D eigenvalue weighted by molar-refractivity contribution is -0.120. The van der Waals surface area contributed by atoms with E-state index in [-0.39, 0.29) is 35.3 Å². The molecule has 1 saturated heterocycles. The minimum absolute atomic E-state index is 0.0967. The zero-order chi connectivity index (χ0) is 17.8. The number of Topliss-reactive ketones (excluding diaryl/α,β-unsaturated/α-hetero) is 1. The van der Waals surface area contributed by atoms with Crippen LogP contribution in [0.2, 0.25) is 0 Å². The van der Waals surface area contributed by atoms with Crippen molar-refractivity contribution in [2.75, 3.05) is 17.2 Å². The van der Waals surface area contributed by atoms with Crippen molar-refractivity contribution in [2.45, 2.75) is 19.4 Å². The Morgan fingerprint density at radius 1 is 1.08 bits per heavy atom. The number of amides is 2. The van der Waals surface area contributed by atoms with Gasteiger partial charge in [-0.1, -0.05) is 0 Å². The Hall–Kier alpha value is -2.93. The van der Waals surface area contributed by atoms with E-state index in [1.54, 1.807) is 43.3 Å². The van der Waals surface area contributed by atoms with Crippen molar-refractivity contribution in [3.63, 3.8) is 0 Å². The number of anilines is 2. The third kappa shape index (κ3) is 4.13. The summed E-state index contributed by atoms with van der Waals surface area (Å²) in [5.41, 5.74) is 1.21. The monoisotopic (exact) mass is 341 g/mol. The number of nitrogens with one attached hydrogen (secondary N) is 3. The van der Waals surface area contributed by atoms with Gasteiger partial charge < -0.3 is 20.4 Å². The van der Waals surface area contributed by atoms with E-state index in [0.717, 1.165) is 0 Å². The summed E-state index contributed by atoms with van der Waals surface area (Å²) in [5, 5.41) is 8.57. The standard InChI is InChI=1S/C18H19N3O4/c1-11(22)12-9-15(19-10-12)17(23)20-13-4-6-14(7-5-13)21-18(24)16-3-2-8-25-16/h2-8,12,15,19H,9-10H2,1H3,(H,20,23)(H,21,24). The predicted octanol–water partition coefficient (Wildman–Crippen LogP) is 2.04. The Balaban J connectivity index is 1.55. The number of hydrogen-bond acceptors (Lipinski definition) is 5. The summed E-state index contributed by atoms with van der Waals surface area (Å²) >= 11 is 0. The average Bonchev–Trinajstić information content (AvgIpc) is 3.28. The van der Waals surface area contributed by atoms with Crippen LogP contribution in [-0.2, 0) is 9.59 Å². The van der Waals surface area contributed by atoms with Gasteiger partial charge in [0.15, 0.2) is 5.76 Å². The van der Waals surface area contributed by atoms with E-state index in [0.29, 0.717) is 24.3 Å². The highest BCUT2D eigenvalue weighted by Crippen LogP contribution is 2.18. The Kier molecular flexibility index (Phi) is 4.95. The molecule has 1 aromatic heterocycles. The summed E-state index contributed by atoms with van der Waals surface area (Å²) in [6, 6.07) is 9.63. The molecule has 1 aliphatic rings. The molecular formula is C18H19N3O4. The Morgan fingerprint density at radius 3 is 2.32 bits per heavy atom. The second-order valence-electron chi connectivity index (χ2n) is 6.00. The largest absolute Gasteiger partial charge is 0.459 e. The van der Waals surface area contributed by atoms with E-state index in [1.165, 1.54) is 6.26 Å². The van der Waals surface area contributed by atoms with Crippen LogP contribution in [-0.4, -0.2) is 30.2 Å². The minimum Gasteiger partial charge on any atom is -0.459 e. The number of ketones is 1. The molecule has 0 spiro atoms. The summed E-state index contributed by atoms with van der Waals surface area (Å²) in [5.74, 6) is -0.289. The lowest BCUT2D eigenvalue weighted by Gasteiger charge is -2.12. The molecule has 2 amide bonds. The van der Waals surface area contributed by atoms with Crippen molar-refractivity contribution in [3.8, 4) is 0 Å². The maximum atomic E-state index is 12.2. The number of carbonyl (C=O) groups is 3. The van der Waals surface area contributed by atoms with Gasteiger partial charge in [-0.2, -0.15) is 0 Å². The molecule has 2 unspecified atom stereocenters. The van der Waals surface area contributed by atoms with Crippen LogP contribution in [0.4, 0.5) is 11.4 Å². The number of furan rings is 1. The molecule has 130 valence electrons. The summed E-state index contributed by atoms with van der Waals surface area (Å²) in [6.45, 7) is 2.08. The maximum absolute atomic E-state index is 12.2. The van der Waals surface area contributed by atoms with Crippen LogP contribution >= 0.6 is 0 Å². The van der Waals surface area contributed by atoms with Crippen molar-refractivity contribution >= 4 is 29.0 Å². The molecule has 25 heavy (non-hydrogen) atoms. The van der Waals surface area contributed by atoms with Gasteiger partial charge in [0.25, 0.3) is 5.91 Å². The molecule has 0 radical (unpaired) electrons. The average molecular weight is 341 g/mol. The van der Waals surface area contributed by atoms with Crippen LogP contribution in [0.3, 0.4) is 0 Å². The smallest absolute Gasteiger partial charge is 0.291 e. The van der Waals surface area contributed by atoms with Gasteiger partial charge in [0, 0.05) is 23.8 Å².